The Morgan fingerprint density at radius 2 is 1.95 bits per heavy atom. The summed E-state index contributed by atoms with van der Waals surface area (Å²) in [7, 11) is 4.21. The molecule has 0 N–H and O–H groups in total. The Balaban J connectivity index is 2.10. The molecular weight excluding hydrogens is 246 g/mol. The Labute approximate surface area is 124 Å². The largest absolute Gasteiger partial charge is 0.376 e. The highest BCUT2D eigenvalue weighted by Crippen LogP contribution is 2.40. The van der Waals surface area contributed by atoms with Crippen LogP contribution in [0.5, 0.6) is 0 Å². The minimum Gasteiger partial charge on any atom is -0.376 e. The molecule has 0 aliphatic heterocycles. The summed E-state index contributed by atoms with van der Waals surface area (Å²) in [4.78, 5) is 2.19. The molecule has 0 saturated heterocycles. The van der Waals surface area contributed by atoms with Gasteiger partial charge in [-0.2, -0.15) is 0 Å². The third kappa shape index (κ3) is 3.83. The van der Waals surface area contributed by atoms with Gasteiger partial charge in [0.15, 0.2) is 0 Å². The summed E-state index contributed by atoms with van der Waals surface area (Å²) >= 11 is 0. The first-order chi connectivity index (χ1) is 9.59. The summed E-state index contributed by atoms with van der Waals surface area (Å²) in [6.45, 7) is 6.46. The normalized spacial score (nSPS) is 26.9. The van der Waals surface area contributed by atoms with Crippen LogP contribution in [0.3, 0.4) is 0 Å². The van der Waals surface area contributed by atoms with Crippen molar-refractivity contribution >= 4 is 0 Å². The van der Waals surface area contributed by atoms with E-state index in [2.05, 4.69) is 57.1 Å². The van der Waals surface area contributed by atoms with Crippen LogP contribution in [0.15, 0.2) is 24.3 Å². The number of rotatable bonds is 5. The molecule has 0 unspecified atom stereocenters. The van der Waals surface area contributed by atoms with Crippen molar-refractivity contribution < 1.29 is 4.74 Å². The predicted molar refractivity (Wildman–Crippen MR) is 85.2 cm³/mol. The second-order valence-electron chi connectivity index (χ2n) is 6.50. The van der Waals surface area contributed by atoms with Crippen LogP contribution in [-0.2, 0) is 4.74 Å². The van der Waals surface area contributed by atoms with E-state index in [0.29, 0.717) is 17.9 Å². The molecule has 0 amide bonds. The first-order valence-electron chi connectivity index (χ1n) is 7.91. The van der Waals surface area contributed by atoms with Crippen LogP contribution in [0.2, 0.25) is 0 Å². The highest BCUT2D eigenvalue weighted by atomic mass is 16.5. The maximum absolute atomic E-state index is 6.24. The van der Waals surface area contributed by atoms with Crippen LogP contribution in [0, 0.1) is 12.8 Å². The molecule has 3 atom stereocenters. The molecule has 0 aromatic heterocycles. The minimum atomic E-state index is 0.389. The van der Waals surface area contributed by atoms with Crippen molar-refractivity contribution in [3.63, 3.8) is 0 Å². The fraction of sp³-hybridized carbons (Fsp3) is 0.667. The van der Waals surface area contributed by atoms with Crippen LogP contribution in [-0.4, -0.2) is 38.3 Å². The summed E-state index contributed by atoms with van der Waals surface area (Å²) < 4.78 is 6.24. The van der Waals surface area contributed by atoms with Gasteiger partial charge in [0.1, 0.15) is 0 Å². The molecule has 0 bridgehead atoms. The lowest BCUT2D eigenvalue weighted by Crippen LogP contribution is -2.33. The lowest BCUT2D eigenvalue weighted by atomic mass is 9.73. The van der Waals surface area contributed by atoms with Gasteiger partial charge < -0.3 is 9.64 Å². The standard InChI is InChI=1S/C18H29NO/c1-14-8-5-6-10-16(14)18-15(2)9-7-11-17(18)20-13-12-19(3)4/h5-6,8,10,15,17-18H,7,9,11-13H2,1-4H3/t15-,17-,18-/m0/s1. The minimum absolute atomic E-state index is 0.389. The van der Waals surface area contributed by atoms with E-state index in [1.807, 2.05) is 0 Å². The Hall–Kier alpha value is -0.860. The summed E-state index contributed by atoms with van der Waals surface area (Å²) in [6.07, 6.45) is 4.22. The molecule has 0 radical (unpaired) electrons. The molecule has 2 nitrogen and oxygen atoms in total. The maximum atomic E-state index is 6.24. The molecule has 0 heterocycles. The van der Waals surface area contributed by atoms with E-state index in [1.54, 1.807) is 0 Å². The first kappa shape index (κ1) is 15.5. The molecule has 2 heteroatoms. The smallest absolute Gasteiger partial charge is 0.0646 e. The van der Waals surface area contributed by atoms with Crippen molar-refractivity contribution in [2.75, 3.05) is 27.2 Å². The van der Waals surface area contributed by atoms with Crippen molar-refractivity contribution in [1.82, 2.24) is 4.90 Å². The fourth-order valence-electron chi connectivity index (χ4n) is 3.41. The molecule has 1 aromatic rings. The molecule has 20 heavy (non-hydrogen) atoms. The molecule has 0 spiro atoms. The van der Waals surface area contributed by atoms with Crippen LogP contribution in [0.4, 0.5) is 0 Å². The zero-order valence-corrected chi connectivity index (χ0v) is 13.4. The monoisotopic (exact) mass is 275 g/mol. The van der Waals surface area contributed by atoms with E-state index in [4.69, 9.17) is 4.74 Å². The van der Waals surface area contributed by atoms with Gasteiger partial charge in [-0.3, -0.25) is 0 Å². The zero-order valence-electron chi connectivity index (χ0n) is 13.4. The molecular formula is C18H29NO. The van der Waals surface area contributed by atoms with Crippen molar-refractivity contribution in [2.45, 2.75) is 45.1 Å². The van der Waals surface area contributed by atoms with Gasteiger partial charge in [-0.15, -0.1) is 0 Å². The Morgan fingerprint density at radius 1 is 1.20 bits per heavy atom. The van der Waals surface area contributed by atoms with Gasteiger partial charge in [0, 0.05) is 12.5 Å². The summed E-state index contributed by atoms with van der Waals surface area (Å²) in [5, 5.41) is 0. The van der Waals surface area contributed by atoms with Gasteiger partial charge in [0.25, 0.3) is 0 Å². The number of nitrogens with zero attached hydrogens (tertiary/aromatic N) is 1. The van der Waals surface area contributed by atoms with Gasteiger partial charge >= 0.3 is 0 Å². The maximum Gasteiger partial charge on any atom is 0.0646 e. The van der Waals surface area contributed by atoms with Crippen molar-refractivity contribution in [3.8, 4) is 0 Å². The highest BCUT2D eigenvalue weighted by molar-refractivity contribution is 5.31. The molecule has 1 aliphatic carbocycles. The predicted octanol–water partition coefficient (Wildman–Crippen LogP) is 3.85. The zero-order chi connectivity index (χ0) is 14.5. The van der Waals surface area contributed by atoms with E-state index >= 15 is 0 Å². The molecule has 1 aromatic carbocycles. The van der Waals surface area contributed by atoms with Crippen LogP contribution in [0.1, 0.15) is 43.2 Å². The van der Waals surface area contributed by atoms with Gasteiger partial charge in [0.2, 0.25) is 0 Å². The number of benzene rings is 1. The SMILES string of the molecule is Cc1ccccc1[C@H]1[C@@H](OCCN(C)C)CCC[C@@H]1C. The van der Waals surface area contributed by atoms with Gasteiger partial charge in [-0.25, -0.2) is 0 Å². The number of hydrogen-bond acceptors (Lipinski definition) is 2. The van der Waals surface area contributed by atoms with Crippen molar-refractivity contribution in [2.24, 2.45) is 5.92 Å². The average Bonchev–Trinajstić information content (AvgIpc) is 2.40. The van der Waals surface area contributed by atoms with Gasteiger partial charge in [-0.1, -0.05) is 37.6 Å². The average molecular weight is 275 g/mol. The van der Waals surface area contributed by atoms with E-state index in [1.165, 1.54) is 30.4 Å². The number of likely N-dealkylation sites (N-methyl/N-ethyl adjacent to an activating group) is 1. The second kappa shape index (κ2) is 7.24. The molecule has 1 saturated carbocycles. The topological polar surface area (TPSA) is 12.5 Å². The fourth-order valence-corrected chi connectivity index (χ4v) is 3.41. The van der Waals surface area contributed by atoms with Crippen LogP contribution < -0.4 is 0 Å². The molecule has 112 valence electrons. The van der Waals surface area contributed by atoms with Crippen molar-refractivity contribution in [3.05, 3.63) is 35.4 Å². The molecule has 2 rings (SSSR count). The van der Waals surface area contributed by atoms with Crippen LogP contribution in [0.25, 0.3) is 0 Å². The summed E-state index contributed by atoms with van der Waals surface area (Å²) in [6, 6.07) is 8.83. The van der Waals surface area contributed by atoms with E-state index < -0.39 is 0 Å². The van der Waals surface area contributed by atoms with E-state index in [-0.39, 0.29) is 0 Å². The summed E-state index contributed by atoms with van der Waals surface area (Å²) in [5.41, 5.74) is 2.90. The van der Waals surface area contributed by atoms with Crippen LogP contribution >= 0.6 is 0 Å². The molecule has 1 aliphatic rings. The third-order valence-electron chi connectivity index (χ3n) is 4.58. The van der Waals surface area contributed by atoms with Crippen molar-refractivity contribution in [1.29, 1.82) is 0 Å². The number of aryl methyl sites for hydroxylation is 1. The Morgan fingerprint density at radius 3 is 2.65 bits per heavy atom. The quantitative estimate of drug-likeness (QED) is 0.809. The lowest BCUT2D eigenvalue weighted by molar-refractivity contribution is -0.00753. The second-order valence-corrected chi connectivity index (χ2v) is 6.50. The Bertz CT molecular complexity index is 416. The van der Waals surface area contributed by atoms with E-state index in [0.717, 1.165) is 13.2 Å². The first-order valence-corrected chi connectivity index (χ1v) is 7.91. The van der Waals surface area contributed by atoms with E-state index in [9.17, 15) is 0 Å². The number of hydrogen-bond donors (Lipinski definition) is 0. The number of ether oxygens (including phenoxy) is 1. The molecule has 1 fully saturated rings. The van der Waals surface area contributed by atoms with Gasteiger partial charge in [-0.05, 0) is 50.9 Å². The summed E-state index contributed by atoms with van der Waals surface area (Å²) in [5.74, 6) is 1.28. The lowest BCUT2D eigenvalue weighted by Gasteiger charge is -2.37. The van der Waals surface area contributed by atoms with Gasteiger partial charge in [0.05, 0.1) is 12.7 Å². The third-order valence-corrected chi connectivity index (χ3v) is 4.58. The Kier molecular flexibility index (Phi) is 5.62. The highest BCUT2D eigenvalue weighted by Gasteiger charge is 2.33.